The summed E-state index contributed by atoms with van der Waals surface area (Å²) < 4.78 is 19.5. The number of carbonyl (C=O) groups is 1. The molecule has 0 saturated carbocycles. The first-order chi connectivity index (χ1) is 7.65. The van der Waals surface area contributed by atoms with Crippen LogP contribution in [0.4, 0.5) is 9.18 Å². The standard InChI is InChI=1S/C12H23FN2O2/c1-9-5-12(13,7-14)8-15(6-9)10(16)17-11(2,3)4/h9H,5-8,14H2,1-4H3. The van der Waals surface area contributed by atoms with Gasteiger partial charge < -0.3 is 15.4 Å². The van der Waals surface area contributed by atoms with Gasteiger partial charge in [0.2, 0.25) is 0 Å². The Morgan fingerprint density at radius 3 is 2.65 bits per heavy atom. The van der Waals surface area contributed by atoms with Gasteiger partial charge in [0.25, 0.3) is 0 Å². The van der Waals surface area contributed by atoms with E-state index in [0.717, 1.165) is 0 Å². The van der Waals surface area contributed by atoms with E-state index in [1.54, 1.807) is 20.8 Å². The summed E-state index contributed by atoms with van der Waals surface area (Å²) in [5.41, 5.74) is 3.40. The maximum atomic E-state index is 14.2. The van der Waals surface area contributed by atoms with Crippen LogP contribution in [0.2, 0.25) is 0 Å². The monoisotopic (exact) mass is 246 g/mol. The van der Waals surface area contributed by atoms with E-state index in [-0.39, 0.29) is 19.0 Å². The predicted octanol–water partition coefficient (Wildman–Crippen LogP) is 1.93. The molecule has 0 aromatic heterocycles. The number of carbonyl (C=O) groups excluding carboxylic acids is 1. The van der Waals surface area contributed by atoms with E-state index in [4.69, 9.17) is 10.5 Å². The summed E-state index contributed by atoms with van der Waals surface area (Å²) in [5.74, 6) is 0.102. The van der Waals surface area contributed by atoms with Crippen molar-refractivity contribution in [3.8, 4) is 0 Å². The molecule has 100 valence electrons. The van der Waals surface area contributed by atoms with E-state index in [9.17, 15) is 9.18 Å². The molecule has 0 radical (unpaired) electrons. The van der Waals surface area contributed by atoms with Gasteiger partial charge in [-0.25, -0.2) is 9.18 Å². The van der Waals surface area contributed by atoms with Crippen molar-refractivity contribution in [2.75, 3.05) is 19.6 Å². The number of alkyl halides is 1. The van der Waals surface area contributed by atoms with Crippen LogP contribution in [0.5, 0.6) is 0 Å². The molecule has 1 heterocycles. The van der Waals surface area contributed by atoms with Crippen LogP contribution in [-0.2, 0) is 4.74 Å². The zero-order chi connectivity index (χ0) is 13.3. The Labute approximate surface area is 102 Å². The molecular weight excluding hydrogens is 223 g/mol. The number of likely N-dealkylation sites (tertiary alicyclic amines) is 1. The molecule has 1 saturated heterocycles. The van der Waals surface area contributed by atoms with Crippen molar-refractivity contribution in [2.45, 2.75) is 45.4 Å². The first-order valence-corrected chi connectivity index (χ1v) is 6.02. The topological polar surface area (TPSA) is 55.6 Å². The highest BCUT2D eigenvalue weighted by Gasteiger charge is 2.40. The zero-order valence-corrected chi connectivity index (χ0v) is 11.1. The third-order valence-corrected chi connectivity index (χ3v) is 2.74. The van der Waals surface area contributed by atoms with E-state index >= 15 is 0 Å². The van der Waals surface area contributed by atoms with Gasteiger partial charge >= 0.3 is 6.09 Å². The van der Waals surface area contributed by atoms with Gasteiger partial charge in [0.1, 0.15) is 11.3 Å². The largest absolute Gasteiger partial charge is 0.444 e. The predicted molar refractivity (Wildman–Crippen MR) is 64.5 cm³/mol. The third kappa shape index (κ3) is 4.15. The summed E-state index contributed by atoms with van der Waals surface area (Å²) in [6.45, 7) is 7.80. The number of hydrogen-bond donors (Lipinski definition) is 1. The van der Waals surface area contributed by atoms with Gasteiger partial charge in [-0.1, -0.05) is 6.92 Å². The van der Waals surface area contributed by atoms with Crippen molar-refractivity contribution in [2.24, 2.45) is 11.7 Å². The second-order valence-corrected chi connectivity index (χ2v) is 6.03. The Morgan fingerprint density at radius 1 is 1.59 bits per heavy atom. The van der Waals surface area contributed by atoms with Crippen molar-refractivity contribution in [3.05, 3.63) is 0 Å². The molecule has 1 aliphatic heterocycles. The number of piperidine rings is 1. The Morgan fingerprint density at radius 2 is 2.18 bits per heavy atom. The van der Waals surface area contributed by atoms with Gasteiger partial charge in [0.15, 0.2) is 0 Å². The second kappa shape index (κ2) is 4.80. The molecule has 0 spiro atoms. The molecule has 5 heteroatoms. The molecule has 17 heavy (non-hydrogen) atoms. The van der Waals surface area contributed by atoms with E-state index in [1.165, 1.54) is 4.90 Å². The van der Waals surface area contributed by atoms with Crippen LogP contribution in [-0.4, -0.2) is 41.9 Å². The maximum Gasteiger partial charge on any atom is 0.410 e. The van der Waals surface area contributed by atoms with Gasteiger partial charge in [-0.2, -0.15) is 0 Å². The molecule has 0 aromatic rings. The van der Waals surface area contributed by atoms with Crippen molar-refractivity contribution in [3.63, 3.8) is 0 Å². The minimum atomic E-state index is -1.48. The van der Waals surface area contributed by atoms with E-state index in [1.807, 2.05) is 6.92 Å². The molecule has 1 aliphatic rings. The van der Waals surface area contributed by atoms with Crippen molar-refractivity contribution < 1.29 is 13.9 Å². The molecule has 2 unspecified atom stereocenters. The molecular formula is C12H23FN2O2. The lowest BCUT2D eigenvalue weighted by molar-refractivity contribution is -0.0144. The number of amides is 1. The number of nitrogens with zero attached hydrogens (tertiary/aromatic N) is 1. The summed E-state index contributed by atoms with van der Waals surface area (Å²) >= 11 is 0. The first kappa shape index (κ1) is 14.2. The fourth-order valence-corrected chi connectivity index (χ4v) is 2.15. The van der Waals surface area contributed by atoms with Gasteiger partial charge in [0.05, 0.1) is 6.54 Å². The van der Waals surface area contributed by atoms with Crippen molar-refractivity contribution in [1.29, 1.82) is 0 Å². The molecule has 1 amide bonds. The lowest BCUT2D eigenvalue weighted by atomic mass is 9.88. The summed E-state index contributed by atoms with van der Waals surface area (Å²) in [4.78, 5) is 13.3. The van der Waals surface area contributed by atoms with Crippen LogP contribution in [0.15, 0.2) is 0 Å². The average molecular weight is 246 g/mol. The van der Waals surface area contributed by atoms with Gasteiger partial charge in [0, 0.05) is 13.1 Å². The number of halogens is 1. The Kier molecular flexibility index (Phi) is 4.02. The quantitative estimate of drug-likeness (QED) is 0.769. The highest BCUT2D eigenvalue weighted by molar-refractivity contribution is 5.68. The van der Waals surface area contributed by atoms with Crippen LogP contribution in [0, 0.1) is 5.92 Å². The lowest BCUT2D eigenvalue weighted by Gasteiger charge is -2.40. The van der Waals surface area contributed by atoms with Gasteiger partial charge in [-0.15, -0.1) is 0 Å². The van der Waals surface area contributed by atoms with Crippen LogP contribution in [0.3, 0.4) is 0 Å². The minimum Gasteiger partial charge on any atom is -0.444 e. The normalized spacial score (nSPS) is 30.2. The SMILES string of the molecule is CC1CN(C(=O)OC(C)(C)C)CC(F)(CN)C1. The molecule has 1 rings (SSSR count). The van der Waals surface area contributed by atoms with Gasteiger partial charge in [-0.3, -0.25) is 0 Å². The fourth-order valence-electron chi connectivity index (χ4n) is 2.15. The molecule has 4 nitrogen and oxygen atoms in total. The smallest absolute Gasteiger partial charge is 0.410 e. The third-order valence-electron chi connectivity index (χ3n) is 2.74. The fraction of sp³-hybridized carbons (Fsp3) is 0.917. The number of ether oxygens (including phenoxy) is 1. The molecule has 0 aromatic carbocycles. The number of nitrogens with two attached hydrogens (primary N) is 1. The molecule has 2 atom stereocenters. The van der Waals surface area contributed by atoms with Crippen LogP contribution in [0.1, 0.15) is 34.1 Å². The Hall–Kier alpha value is -0.840. The van der Waals surface area contributed by atoms with Gasteiger partial charge in [-0.05, 0) is 33.1 Å². The number of rotatable bonds is 1. The lowest BCUT2D eigenvalue weighted by Crippen LogP contribution is -2.54. The molecule has 1 fully saturated rings. The number of hydrogen-bond acceptors (Lipinski definition) is 3. The van der Waals surface area contributed by atoms with Crippen molar-refractivity contribution >= 4 is 6.09 Å². The van der Waals surface area contributed by atoms with E-state index < -0.39 is 17.4 Å². The maximum absolute atomic E-state index is 14.2. The minimum absolute atomic E-state index is 0.0305. The van der Waals surface area contributed by atoms with Crippen LogP contribution < -0.4 is 5.73 Å². The average Bonchev–Trinajstić information content (AvgIpc) is 2.14. The molecule has 0 aliphatic carbocycles. The van der Waals surface area contributed by atoms with E-state index in [0.29, 0.717) is 13.0 Å². The highest BCUT2D eigenvalue weighted by atomic mass is 19.1. The van der Waals surface area contributed by atoms with Crippen LogP contribution in [0.25, 0.3) is 0 Å². The molecule has 0 bridgehead atoms. The highest BCUT2D eigenvalue weighted by Crippen LogP contribution is 2.29. The molecule has 2 N–H and O–H groups in total. The summed E-state index contributed by atoms with van der Waals surface area (Å²) in [5, 5.41) is 0. The first-order valence-electron chi connectivity index (χ1n) is 6.02. The summed E-state index contributed by atoms with van der Waals surface area (Å²) in [6.07, 6.45) is -0.0532. The van der Waals surface area contributed by atoms with Crippen molar-refractivity contribution in [1.82, 2.24) is 4.90 Å². The van der Waals surface area contributed by atoms with E-state index in [2.05, 4.69) is 0 Å². The summed E-state index contributed by atoms with van der Waals surface area (Å²) in [7, 11) is 0. The summed E-state index contributed by atoms with van der Waals surface area (Å²) in [6, 6.07) is 0. The Bertz CT molecular complexity index is 291. The van der Waals surface area contributed by atoms with Crippen LogP contribution >= 0.6 is 0 Å². The zero-order valence-electron chi connectivity index (χ0n) is 11.1. The second-order valence-electron chi connectivity index (χ2n) is 6.03. The Balaban J connectivity index is 2.68.